The van der Waals surface area contributed by atoms with Crippen molar-refractivity contribution < 1.29 is 4.39 Å². The van der Waals surface area contributed by atoms with Crippen molar-refractivity contribution in [1.82, 2.24) is 4.98 Å². The van der Waals surface area contributed by atoms with Crippen LogP contribution >= 0.6 is 11.3 Å². The number of thiazole rings is 1. The molecule has 80 valence electrons. The van der Waals surface area contributed by atoms with Gasteiger partial charge in [0, 0.05) is 12.6 Å². The predicted octanol–water partition coefficient (Wildman–Crippen LogP) is 2.86. The molecule has 0 aliphatic carbocycles. The summed E-state index contributed by atoms with van der Waals surface area (Å²) in [6.45, 7) is 0. The molecule has 0 aliphatic rings. The van der Waals surface area contributed by atoms with Gasteiger partial charge in [0.05, 0.1) is 0 Å². The van der Waals surface area contributed by atoms with E-state index in [2.05, 4.69) is 16.4 Å². The molecule has 0 aliphatic heterocycles. The molecule has 0 spiro atoms. The number of nitrogens with zero attached hydrogens (tertiary/aromatic N) is 2. The Labute approximate surface area is 96.2 Å². The second-order valence-electron chi connectivity index (χ2n) is 3.07. The Kier molecular flexibility index (Phi) is 2.84. The van der Waals surface area contributed by atoms with Gasteiger partial charge < -0.3 is 5.32 Å². The van der Waals surface area contributed by atoms with Crippen molar-refractivity contribution >= 4 is 16.5 Å². The summed E-state index contributed by atoms with van der Waals surface area (Å²) >= 11 is 1.28. The summed E-state index contributed by atoms with van der Waals surface area (Å²) in [5, 5.41) is 12.5. The van der Waals surface area contributed by atoms with Gasteiger partial charge in [-0.3, -0.25) is 0 Å². The van der Waals surface area contributed by atoms with Crippen molar-refractivity contribution in [3.8, 4) is 17.3 Å². The largest absolute Gasteiger partial charge is 0.365 e. The number of rotatable bonds is 2. The van der Waals surface area contributed by atoms with Crippen LogP contribution in [-0.2, 0) is 0 Å². The minimum atomic E-state index is -0.300. The van der Waals surface area contributed by atoms with E-state index < -0.39 is 0 Å². The molecule has 1 N–H and O–H groups in total. The lowest BCUT2D eigenvalue weighted by Gasteiger charge is -1.96. The van der Waals surface area contributed by atoms with Crippen molar-refractivity contribution in [2.45, 2.75) is 0 Å². The van der Waals surface area contributed by atoms with E-state index in [0.717, 1.165) is 5.56 Å². The zero-order chi connectivity index (χ0) is 11.5. The summed E-state index contributed by atoms with van der Waals surface area (Å²) in [4.78, 5) is 4.79. The van der Waals surface area contributed by atoms with E-state index in [1.54, 1.807) is 19.2 Å². The zero-order valence-electron chi connectivity index (χ0n) is 8.49. The number of halogens is 1. The summed E-state index contributed by atoms with van der Waals surface area (Å²) in [5.41, 5.74) is 1.34. The van der Waals surface area contributed by atoms with E-state index in [4.69, 9.17) is 5.26 Å². The molecule has 0 unspecified atom stereocenters. The first-order valence-electron chi connectivity index (χ1n) is 4.59. The third-order valence-electron chi connectivity index (χ3n) is 2.06. The molecule has 5 heteroatoms. The minimum absolute atomic E-state index is 0.300. The maximum Gasteiger partial charge on any atom is 0.184 e. The second kappa shape index (κ2) is 4.29. The first-order chi connectivity index (χ1) is 7.74. The molecule has 2 aromatic rings. The van der Waals surface area contributed by atoms with Crippen LogP contribution in [0.1, 0.15) is 4.88 Å². The van der Waals surface area contributed by atoms with E-state index >= 15 is 0 Å². The van der Waals surface area contributed by atoms with Crippen LogP contribution in [0.5, 0.6) is 0 Å². The number of nitriles is 1. The van der Waals surface area contributed by atoms with Crippen LogP contribution in [-0.4, -0.2) is 12.0 Å². The molecule has 0 amide bonds. The smallest absolute Gasteiger partial charge is 0.184 e. The average molecular weight is 233 g/mol. The summed E-state index contributed by atoms with van der Waals surface area (Å²) in [7, 11) is 1.74. The Morgan fingerprint density at radius 2 is 2.06 bits per heavy atom. The lowest BCUT2D eigenvalue weighted by molar-refractivity contribution is 0.628. The van der Waals surface area contributed by atoms with E-state index in [-0.39, 0.29) is 5.82 Å². The van der Waals surface area contributed by atoms with Crippen LogP contribution in [0.3, 0.4) is 0 Å². The van der Waals surface area contributed by atoms with Gasteiger partial charge >= 0.3 is 0 Å². The molecule has 0 atom stereocenters. The van der Waals surface area contributed by atoms with Gasteiger partial charge in [0.25, 0.3) is 0 Å². The standard InChI is InChI=1S/C11H8FN3S/c1-14-11-15-10(9(6-13)16-11)7-2-4-8(12)5-3-7/h2-5H,1H3,(H,14,15). The van der Waals surface area contributed by atoms with Crippen LogP contribution in [0.25, 0.3) is 11.3 Å². The topological polar surface area (TPSA) is 48.7 Å². The Balaban J connectivity index is 2.51. The summed E-state index contributed by atoms with van der Waals surface area (Å²) in [5.74, 6) is -0.300. The molecule has 3 nitrogen and oxygen atoms in total. The molecule has 2 rings (SSSR count). The van der Waals surface area contributed by atoms with Gasteiger partial charge in [0.2, 0.25) is 0 Å². The Morgan fingerprint density at radius 3 is 2.62 bits per heavy atom. The van der Waals surface area contributed by atoms with Gasteiger partial charge in [-0.25, -0.2) is 9.37 Å². The number of nitrogens with one attached hydrogen (secondary N) is 1. The van der Waals surface area contributed by atoms with Gasteiger partial charge in [-0.15, -0.1) is 0 Å². The van der Waals surface area contributed by atoms with Gasteiger partial charge in [0.15, 0.2) is 5.13 Å². The molecule has 0 saturated carbocycles. The molecular weight excluding hydrogens is 225 g/mol. The van der Waals surface area contributed by atoms with Gasteiger partial charge in [-0.1, -0.05) is 11.3 Å². The molecule has 0 fully saturated rings. The molecule has 1 aromatic carbocycles. The fraction of sp³-hybridized carbons (Fsp3) is 0.0909. The van der Waals surface area contributed by atoms with Crippen molar-refractivity contribution in [2.75, 3.05) is 12.4 Å². The molecular formula is C11H8FN3S. The molecule has 0 bridgehead atoms. The summed E-state index contributed by atoms with van der Waals surface area (Å²) in [6, 6.07) is 8.03. The molecule has 16 heavy (non-hydrogen) atoms. The van der Waals surface area contributed by atoms with Crippen molar-refractivity contribution in [1.29, 1.82) is 5.26 Å². The molecule has 1 heterocycles. The normalized spacial score (nSPS) is 9.81. The van der Waals surface area contributed by atoms with Crippen LogP contribution in [0.2, 0.25) is 0 Å². The fourth-order valence-electron chi connectivity index (χ4n) is 1.31. The van der Waals surface area contributed by atoms with E-state index in [1.807, 2.05) is 0 Å². The first kappa shape index (κ1) is 10.6. The maximum atomic E-state index is 12.8. The molecule has 0 radical (unpaired) electrons. The monoisotopic (exact) mass is 233 g/mol. The highest BCUT2D eigenvalue weighted by Gasteiger charge is 2.11. The Hall–Kier alpha value is -1.93. The van der Waals surface area contributed by atoms with E-state index in [0.29, 0.717) is 15.7 Å². The highest BCUT2D eigenvalue weighted by molar-refractivity contribution is 7.16. The number of aromatic nitrogens is 1. The third-order valence-corrected chi connectivity index (χ3v) is 3.04. The minimum Gasteiger partial charge on any atom is -0.365 e. The molecule has 0 saturated heterocycles. The highest BCUT2D eigenvalue weighted by Crippen LogP contribution is 2.30. The summed E-state index contributed by atoms with van der Waals surface area (Å²) < 4.78 is 12.8. The number of hydrogen-bond donors (Lipinski definition) is 1. The first-order valence-corrected chi connectivity index (χ1v) is 5.41. The lowest BCUT2D eigenvalue weighted by atomic mass is 10.1. The number of hydrogen-bond acceptors (Lipinski definition) is 4. The lowest BCUT2D eigenvalue weighted by Crippen LogP contribution is -1.86. The van der Waals surface area contributed by atoms with Gasteiger partial charge in [-0.2, -0.15) is 5.26 Å². The van der Waals surface area contributed by atoms with Crippen molar-refractivity contribution in [2.24, 2.45) is 0 Å². The van der Waals surface area contributed by atoms with Crippen molar-refractivity contribution in [3.05, 3.63) is 35.0 Å². The van der Waals surface area contributed by atoms with E-state index in [1.165, 1.54) is 23.5 Å². The van der Waals surface area contributed by atoms with Crippen LogP contribution in [0, 0.1) is 17.1 Å². The summed E-state index contributed by atoms with van der Waals surface area (Å²) in [6.07, 6.45) is 0. The van der Waals surface area contributed by atoms with Gasteiger partial charge in [0.1, 0.15) is 22.5 Å². The average Bonchev–Trinajstić information content (AvgIpc) is 2.73. The van der Waals surface area contributed by atoms with Crippen LogP contribution in [0.15, 0.2) is 24.3 Å². The van der Waals surface area contributed by atoms with Gasteiger partial charge in [-0.05, 0) is 24.3 Å². The van der Waals surface area contributed by atoms with Crippen molar-refractivity contribution in [3.63, 3.8) is 0 Å². The zero-order valence-corrected chi connectivity index (χ0v) is 9.31. The second-order valence-corrected chi connectivity index (χ2v) is 4.06. The Bertz CT molecular complexity index is 539. The SMILES string of the molecule is CNc1nc(-c2ccc(F)cc2)c(C#N)s1. The third kappa shape index (κ3) is 1.88. The number of anilines is 1. The Morgan fingerprint density at radius 1 is 1.38 bits per heavy atom. The quantitative estimate of drug-likeness (QED) is 0.867. The maximum absolute atomic E-state index is 12.8. The van der Waals surface area contributed by atoms with Crippen LogP contribution in [0.4, 0.5) is 9.52 Å². The molecule has 1 aromatic heterocycles. The van der Waals surface area contributed by atoms with E-state index in [9.17, 15) is 4.39 Å². The number of benzene rings is 1. The fourth-order valence-corrected chi connectivity index (χ4v) is 2.04. The van der Waals surface area contributed by atoms with Crippen LogP contribution < -0.4 is 5.32 Å². The predicted molar refractivity (Wildman–Crippen MR) is 61.8 cm³/mol. The highest BCUT2D eigenvalue weighted by atomic mass is 32.1.